The summed E-state index contributed by atoms with van der Waals surface area (Å²) in [5.41, 5.74) is 10.1. The van der Waals surface area contributed by atoms with E-state index >= 15 is 0 Å². The van der Waals surface area contributed by atoms with Gasteiger partial charge in [0.25, 0.3) is 0 Å². The molecule has 78 valence electrons. The molecule has 0 spiro atoms. The fourth-order valence-corrected chi connectivity index (χ4v) is 1.83. The SMILES string of the molecule is Nc1ncccc1-c1cc2ccocc-2c1. The number of nitrogens with zero attached hydrogens (tertiary/aromatic N) is 1. The fraction of sp³-hybridized carbons (Fsp3) is 0. The van der Waals surface area contributed by atoms with Crippen molar-refractivity contribution < 1.29 is 4.42 Å². The smallest absolute Gasteiger partial charge is 0.131 e. The van der Waals surface area contributed by atoms with Gasteiger partial charge in [-0.25, -0.2) is 4.98 Å². The van der Waals surface area contributed by atoms with Gasteiger partial charge in [-0.2, -0.15) is 0 Å². The van der Waals surface area contributed by atoms with Crippen LogP contribution < -0.4 is 5.73 Å². The molecule has 0 fully saturated rings. The van der Waals surface area contributed by atoms with Crippen LogP contribution in [0.2, 0.25) is 0 Å². The highest BCUT2D eigenvalue weighted by Crippen LogP contribution is 2.33. The summed E-state index contributed by atoms with van der Waals surface area (Å²) in [6.07, 6.45) is 5.08. The van der Waals surface area contributed by atoms with Crippen LogP contribution in [0.4, 0.5) is 5.82 Å². The van der Waals surface area contributed by atoms with Crippen LogP contribution in [0.5, 0.6) is 0 Å². The second kappa shape index (κ2) is 3.38. The Labute approximate surface area is 92.9 Å². The van der Waals surface area contributed by atoms with E-state index in [1.165, 1.54) is 0 Å². The van der Waals surface area contributed by atoms with E-state index in [9.17, 15) is 0 Å². The zero-order valence-corrected chi connectivity index (χ0v) is 8.55. The van der Waals surface area contributed by atoms with Crippen LogP contribution in [0.15, 0.2) is 53.5 Å². The Hall–Kier alpha value is -2.29. The lowest BCUT2D eigenvalue weighted by Crippen LogP contribution is -1.91. The van der Waals surface area contributed by atoms with Crippen molar-refractivity contribution in [2.45, 2.75) is 0 Å². The van der Waals surface area contributed by atoms with Gasteiger partial charge in [0, 0.05) is 17.3 Å². The molecule has 0 unspecified atom stereocenters. The van der Waals surface area contributed by atoms with E-state index in [0.29, 0.717) is 5.82 Å². The number of aromatic nitrogens is 1. The van der Waals surface area contributed by atoms with Gasteiger partial charge >= 0.3 is 0 Å². The summed E-state index contributed by atoms with van der Waals surface area (Å²) in [5.74, 6) is 0.551. The monoisotopic (exact) mass is 210 g/mol. The molecule has 2 heterocycles. The highest BCUT2D eigenvalue weighted by Gasteiger charge is 2.10. The number of rotatable bonds is 1. The van der Waals surface area contributed by atoms with Crippen molar-refractivity contribution >= 4 is 5.82 Å². The average Bonchev–Trinajstić information content (AvgIpc) is 2.73. The summed E-state index contributed by atoms with van der Waals surface area (Å²) in [4.78, 5) is 4.08. The third-order valence-corrected chi connectivity index (χ3v) is 2.63. The van der Waals surface area contributed by atoms with Gasteiger partial charge in [-0.1, -0.05) is 0 Å². The van der Waals surface area contributed by atoms with Crippen LogP contribution in [0, 0.1) is 0 Å². The minimum atomic E-state index is 0.551. The molecule has 2 aliphatic rings. The van der Waals surface area contributed by atoms with E-state index in [4.69, 9.17) is 10.2 Å². The maximum atomic E-state index is 5.84. The predicted molar refractivity (Wildman–Crippen MR) is 63.0 cm³/mol. The maximum absolute atomic E-state index is 5.84. The Morgan fingerprint density at radius 2 is 1.94 bits per heavy atom. The predicted octanol–water partition coefficient (Wildman–Crippen LogP) is 3.03. The second-order valence-electron chi connectivity index (χ2n) is 3.65. The first-order valence-electron chi connectivity index (χ1n) is 5.01. The van der Waals surface area contributed by atoms with Gasteiger partial charge in [0.05, 0.1) is 12.5 Å². The lowest BCUT2D eigenvalue weighted by Gasteiger charge is -2.00. The molecule has 1 aliphatic heterocycles. The second-order valence-corrected chi connectivity index (χ2v) is 3.65. The van der Waals surface area contributed by atoms with Crippen molar-refractivity contribution in [3.05, 3.63) is 49.1 Å². The van der Waals surface area contributed by atoms with E-state index in [-0.39, 0.29) is 0 Å². The number of pyridine rings is 1. The van der Waals surface area contributed by atoms with Crippen molar-refractivity contribution in [3.63, 3.8) is 0 Å². The first-order valence-corrected chi connectivity index (χ1v) is 5.01. The zero-order valence-electron chi connectivity index (χ0n) is 8.55. The lowest BCUT2D eigenvalue weighted by molar-refractivity contribution is 0.552. The van der Waals surface area contributed by atoms with Crippen molar-refractivity contribution in [3.8, 4) is 22.3 Å². The quantitative estimate of drug-likeness (QED) is 0.671. The summed E-state index contributed by atoms with van der Waals surface area (Å²) in [7, 11) is 0. The fourth-order valence-electron chi connectivity index (χ4n) is 1.83. The molecule has 0 bridgehead atoms. The molecule has 0 radical (unpaired) electrons. The Balaban J connectivity index is 2.21. The number of anilines is 1. The molecule has 1 aromatic rings. The minimum absolute atomic E-state index is 0.551. The van der Waals surface area contributed by atoms with Gasteiger partial charge in [0.2, 0.25) is 0 Å². The molecule has 1 aliphatic carbocycles. The maximum Gasteiger partial charge on any atom is 0.131 e. The summed E-state index contributed by atoms with van der Waals surface area (Å²) < 4.78 is 5.12. The molecule has 0 aromatic carbocycles. The zero-order chi connectivity index (χ0) is 11.0. The van der Waals surface area contributed by atoms with Crippen LogP contribution >= 0.6 is 0 Å². The van der Waals surface area contributed by atoms with Gasteiger partial charge in [-0.15, -0.1) is 0 Å². The van der Waals surface area contributed by atoms with E-state index in [1.807, 2.05) is 24.3 Å². The van der Waals surface area contributed by atoms with Gasteiger partial charge in [-0.05, 0) is 41.5 Å². The molecular weight excluding hydrogens is 200 g/mol. The van der Waals surface area contributed by atoms with E-state index < -0.39 is 0 Å². The Bertz CT molecular complexity index is 571. The normalized spacial score (nSPS) is 10.8. The summed E-state index contributed by atoms with van der Waals surface area (Å²) >= 11 is 0. The highest BCUT2D eigenvalue weighted by molar-refractivity contribution is 5.83. The van der Waals surface area contributed by atoms with Crippen molar-refractivity contribution in [1.29, 1.82) is 0 Å². The van der Waals surface area contributed by atoms with Crippen LogP contribution in [0.25, 0.3) is 22.3 Å². The molecule has 3 heteroatoms. The standard InChI is InChI=1S/C13H10N2O/c14-13-12(2-1-4-15-13)10-6-9-3-5-16-8-11(9)7-10/h1-8H,(H2,14,15). The van der Waals surface area contributed by atoms with Gasteiger partial charge in [0.15, 0.2) is 0 Å². The number of hydrogen-bond donors (Lipinski definition) is 1. The summed E-state index contributed by atoms with van der Waals surface area (Å²) in [6, 6.07) is 9.91. The summed E-state index contributed by atoms with van der Waals surface area (Å²) in [5, 5.41) is 0. The molecule has 0 saturated heterocycles. The largest absolute Gasteiger partial charge is 0.472 e. The third kappa shape index (κ3) is 1.34. The molecule has 3 nitrogen and oxygen atoms in total. The Morgan fingerprint density at radius 3 is 2.75 bits per heavy atom. The van der Waals surface area contributed by atoms with Crippen molar-refractivity contribution in [2.75, 3.05) is 5.73 Å². The first-order chi connectivity index (χ1) is 7.84. The van der Waals surface area contributed by atoms with Crippen LogP contribution in [0.1, 0.15) is 0 Å². The number of hydrogen-bond acceptors (Lipinski definition) is 3. The van der Waals surface area contributed by atoms with Crippen LogP contribution in [-0.2, 0) is 0 Å². The van der Waals surface area contributed by atoms with E-state index in [1.54, 1.807) is 18.7 Å². The first kappa shape index (κ1) is 8.97. The molecule has 16 heavy (non-hydrogen) atoms. The van der Waals surface area contributed by atoms with Gasteiger partial charge in [-0.3, -0.25) is 0 Å². The molecule has 0 saturated carbocycles. The lowest BCUT2D eigenvalue weighted by atomic mass is 10.1. The van der Waals surface area contributed by atoms with Crippen LogP contribution in [-0.4, -0.2) is 4.98 Å². The van der Waals surface area contributed by atoms with E-state index in [0.717, 1.165) is 22.3 Å². The molecular formula is C13H10N2O. The topological polar surface area (TPSA) is 52.0 Å². The van der Waals surface area contributed by atoms with Crippen molar-refractivity contribution in [1.82, 2.24) is 4.98 Å². The Morgan fingerprint density at radius 1 is 1.06 bits per heavy atom. The van der Waals surface area contributed by atoms with Crippen LogP contribution in [0.3, 0.4) is 0 Å². The molecule has 1 aromatic heterocycles. The molecule has 0 atom stereocenters. The average molecular weight is 210 g/mol. The summed E-state index contributed by atoms with van der Waals surface area (Å²) in [6.45, 7) is 0. The minimum Gasteiger partial charge on any atom is -0.472 e. The molecule has 2 N–H and O–H groups in total. The number of nitrogens with two attached hydrogens (primary N) is 1. The number of fused-ring (bicyclic) bond motifs is 1. The third-order valence-electron chi connectivity index (χ3n) is 2.63. The Kier molecular flexibility index (Phi) is 1.90. The number of nitrogen functional groups attached to an aromatic ring is 1. The highest BCUT2D eigenvalue weighted by atomic mass is 16.3. The molecule has 3 rings (SSSR count). The molecule has 0 amide bonds. The van der Waals surface area contributed by atoms with E-state index in [2.05, 4.69) is 11.1 Å². The van der Waals surface area contributed by atoms with Crippen molar-refractivity contribution in [2.24, 2.45) is 0 Å². The van der Waals surface area contributed by atoms with Gasteiger partial charge in [0.1, 0.15) is 5.82 Å². The van der Waals surface area contributed by atoms with Gasteiger partial charge < -0.3 is 10.2 Å².